The van der Waals surface area contributed by atoms with Gasteiger partial charge in [0.1, 0.15) is 11.3 Å². The minimum Gasteiger partial charge on any atom is -0.461 e. The van der Waals surface area contributed by atoms with Gasteiger partial charge in [0.05, 0.1) is 29.9 Å². The van der Waals surface area contributed by atoms with Gasteiger partial charge in [-0.05, 0) is 56.9 Å². The summed E-state index contributed by atoms with van der Waals surface area (Å²) in [4.78, 5) is 51.5. The van der Waals surface area contributed by atoms with Gasteiger partial charge < -0.3 is 14.2 Å². The molecule has 2 aliphatic heterocycles. The van der Waals surface area contributed by atoms with Crippen molar-refractivity contribution in [1.29, 1.82) is 0 Å². The number of aliphatic imine (C=N–C) groups is 2. The van der Waals surface area contributed by atoms with Gasteiger partial charge in [0.2, 0.25) is 17.8 Å². The molecule has 1 atom stereocenters. The van der Waals surface area contributed by atoms with Crippen molar-refractivity contribution in [2.45, 2.75) is 39.0 Å². The first-order valence-electron chi connectivity index (χ1n) is 13.4. The van der Waals surface area contributed by atoms with Gasteiger partial charge >= 0.3 is 0 Å². The topological polar surface area (TPSA) is 125 Å². The van der Waals surface area contributed by atoms with Crippen molar-refractivity contribution in [2.75, 3.05) is 26.2 Å². The fourth-order valence-electron chi connectivity index (χ4n) is 4.98. The third kappa shape index (κ3) is 6.42. The highest BCUT2D eigenvalue weighted by molar-refractivity contribution is 6.09. The predicted molar refractivity (Wildman–Crippen MR) is 147 cm³/mol. The van der Waals surface area contributed by atoms with Crippen molar-refractivity contribution >= 4 is 46.6 Å². The molecule has 11 heteroatoms. The summed E-state index contributed by atoms with van der Waals surface area (Å²) in [5.41, 5.74) is 1.67. The third-order valence-electron chi connectivity index (χ3n) is 7.03. The molecule has 204 valence electrons. The van der Waals surface area contributed by atoms with E-state index >= 15 is 0 Å². The fourth-order valence-corrected chi connectivity index (χ4v) is 4.98. The number of carbonyl (C=O) groups excluding carboxylic acids is 3. The number of hydrogen-bond donors (Lipinski definition) is 1. The van der Waals surface area contributed by atoms with Crippen LogP contribution in [0.25, 0.3) is 11.0 Å². The van der Waals surface area contributed by atoms with E-state index < -0.39 is 11.8 Å². The van der Waals surface area contributed by atoms with Crippen LogP contribution in [0.3, 0.4) is 0 Å². The van der Waals surface area contributed by atoms with Crippen LogP contribution in [-0.4, -0.2) is 75.7 Å². The number of likely N-dealkylation sites (tertiary alicyclic amines) is 2. The average molecular weight is 532 g/mol. The smallest absolute Gasteiger partial charge is 0.261 e. The molecule has 39 heavy (non-hydrogen) atoms. The lowest BCUT2D eigenvalue weighted by Crippen LogP contribution is -2.44. The normalized spacial score (nSPS) is 18.8. The van der Waals surface area contributed by atoms with Crippen molar-refractivity contribution in [3.63, 3.8) is 0 Å². The van der Waals surface area contributed by atoms with E-state index in [1.54, 1.807) is 30.4 Å². The predicted octanol–water partition coefficient (Wildman–Crippen LogP) is 3.21. The molecule has 0 radical (unpaired) electrons. The number of carbonyl (C=O) groups is 3. The fraction of sp³-hybridized carbons (Fsp3) is 0.429. The van der Waals surface area contributed by atoms with Crippen molar-refractivity contribution < 1.29 is 18.8 Å². The largest absolute Gasteiger partial charge is 0.461 e. The summed E-state index contributed by atoms with van der Waals surface area (Å²) in [7, 11) is 1.73. The summed E-state index contributed by atoms with van der Waals surface area (Å²) in [6, 6.07) is 7.35. The summed E-state index contributed by atoms with van der Waals surface area (Å²) in [5.74, 6) is -0.219. The van der Waals surface area contributed by atoms with E-state index in [2.05, 4.69) is 20.4 Å². The van der Waals surface area contributed by atoms with Crippen LogP contribution < -0.4 is 5.32 Å². The number of nitrogens with zero attached hydrogens (tertiary/aromatic N) is 6. The molecular formula is C28H33N7O4. The van der Waals surface area contributed by atoms with Crippen molar-refractivity contribution in [2.24, 2.45) is 23.0 Å². The molecule has 2 aliphatic rings. The summed E-state index contributed by atoms with van der Waals surface area (Å²) in [6.07, 6.45) is 8.89. The number of guanidine groups is 1. The number of hydrogen-bond acceptors (Lipinski definition) is 6. The molecule has 3 aromatic rings. The molecule has 5 rings (SSSR count). The Bertz CT molecular complexity index is 1430. The molecule has 2 fully saturated rings. The molecule has 4 heterocycles. The summed E-state index contributed by atoms with van der Waals surface area (Å²) < 4.78 is 7.18. The zero-order chi connectivity index (χ0) is 27.4. The molecule has 0 saturated carbocycles. The van der Waals surface area contributed by atoms with E-state index in [9.17, 15) is 14.4 Å². The second-order valence-corrected chi connectivity index (χ2v) is 10.1. The van der Waals surface area contributed by atoms with Gasteiger partial charge in [-0.1, -0.05) is 6.42 Å². The van der Waals surface area contributed by atoms with Crippen molar-refractivity contribution in [1.82, 2.24) is 24.9 Å². The van der Waals surface area contributed by atoms with E-state index in [1.165, 1.54) is 10.9 Å². The maximum Gasteiger partial charge on any atom is 0.261 e. The van der Waals surface area contributed by atoms with E-state index in [1.807, 2.05) is 30.0 Å². The second kappa shape index (κ2) is 11.6. The molecular weight excluding hydrogens is 498 g/mol. The van der Waals surface area contributed by atoms with Gasteiger partial charge in [-0.15, -0.1) is 0 Å². The summed E-state index contributed by atoms with van der Waals surface area (Å²) in [6.45, 7) is 4.02. The van der Waals surface area contributed by atoms with E-state index in [0.717, 1.165) is 55.5 Å². The number of benzene rings is 1. The molecule has 0 aliphatic carbocycles. The van der Waals surface area contributed by atoms with Gasteiger partial charge in [-0.3, -0.25) is 24.4 Å². The first-order valence-corrected chi connectivity index (χ1v) is 13.4. The monoisotopic (exact) mass is 531 g/mol. The van der Waals surface area contributed by atoms with Crippen LogP contribution in [0.1, 0.15) is 48.2 Å². The Morgan fingerprint density at radius 2 is 1.95 bits per heavy atom. The summed E-state index contributed by atoms with van der Waals surface area (Å²) in [5, 5.41) is 7.68. The van der Waals surface area contributed by atoms with E-state index in [4.69, 9.17) is 4.42 Å². The van der Waals surface area contributed by atoms with Crippen LogP contribution in [0.5, 0.6) is 0 Å². The molecule has 1 N–H and O–H groups in total. The Morgan fingerprint density at radius 3 is 2.72 bits per heavy atom. The van der Waals surface area contributed by atoms with Gasteiger partial charge in [0.25, 0.3) is 5.91 Å². The maximum atomic E-state index is 13.4. The van der Waals surface area contributed by atoms with Crippen LogP contribution in [-0.2, 0) is 16.6 Å². The van der Waals surface area contributed by atoms with Gasteiger partial charge in [0.15, 0.2) is 0 Å². The van der Waals surface area contributed by atoms with Gasteiger partial charge in [-0.2, -0.15) is 5.10 Å². The highest BCUT2D eigenvalue weighted by Crippen LogP contribution is 2.24. The Labute approximate surface area is 226 Å². The number of rotatable bonds is 5. The quantitative estimate of drug-likeness (QED) is 0.400. The van der Waals surface area contributed by atoms with E-state index in [-0.39, 0.29) is 24.3 Å². The van der Waals surface area contributed by atoms with Gasteiger partial charge in [0, 0.05) is 44.5 Å². The SMILES string of the molecule is Cc1cc2cc(N=C(/N=C/C3CCCCN(CC(=O)N4CCCC4)C3=O)NC(=O)c3cnn(C)c3)ccc2o1. The molecule has 0 spiro atoms. The molecule has 1 aromatic carbocycles. The van der Waals surface area contributed by atoms with Crippen LogP contribution in [0.4, 0.5) is 5.69 Å². The Kier molecular flexibility index (Phi) is 7.85. The zero-order valence-corrected chi connectivity index (χ0v) is 22.3. The molecule has 2 aromatic heterocycles. The number of aromatic nitrogens is 2. The van der Waals surface area contributed by atoms with Crippen LogP contribution in [0.15, 0.2) is 51.1 Å². The second-order valence-electron chi connectivity index (χ2n) is 10.1. The lowest BCUT2D eigenvalue weighted by atomic mass is 10.0. The average Bonchev–Trinajstić information content (AvgIpc) is 3.65. The highest BCUT2D eigenvalue weighted by Gasteiger charge is 2.29. The Morgan fingerprint density at radius 1 is 1.15 bits per heavy atom. The lowest BCUT2D eigenvalue weighted by molar-refractivity contribution is -0.140. The summed E-state index contributed by atoms with van der Waals surface area (Å²) >= 11 is 0. The van der Waals surface area contributed by atoms with Crippen LogP contribution >= 0.6 is 0 Å². The van der Waals surface area contributed by atoms with Crippen molar-refractivity contribution in [3.8, 4) is 0 Å². The Balaban J connectivity index is 1.37. The Hall–Kier alpha value is -4.28. The molecule has 2 saturated heterocycles. The van der Waals surface area contributed by atoms with E-state index in [0.29, 0.717) is 24.2 Å². The number of furan rings is 1. The maximum absolute atomic E-state index is 13.4. The zero-order valence-electron chi connectivity index (χ0n) is 22.3. The molecule has 1 unspecified atom stereocenters. The first kappa shape index (κ1) is 26.3. The first-order chi connectivity index (χ1) is 18.9. The molecule has 11 nitrogen and oxygen atoms in total. The number of amides is 3. The van der Waals surface area contributed by atoms with Crippen LogP contribution in [0, 0.1) is 12.8 Å². The number of nitrogens with one attached hydrogen (secondary N) is 1. The number of fused-ring (bicyclic) bond motifs is 1. The van der Waals surface area contributed by atoms with Crippen molar-refractivity contribution in [3.05, 3.63) is 48.0 Å². The minimum absolute atomic E-state index is 0.00528. The minimum atomic E-state index is -0.515. The van der Waals surface area contributed by atoms with Gasteiger partial charge in [-0.25, -0.2) is 9.98 Å². The van der Waals surface area contributed by atoms with Crippen LogP contribution in [0.2, 0.25) is 0 Å². The number of aryl methyl sites for hydroxylation is 2. The highest BCUT2D eigenvalue weighted by atomic mass is 16.3. The third-order valence-corrected chi connectivity index (χ3v) is 7.03. The molecule has 3 amide bonds. The standard InChI is InChI=1S/C28H33N7O4/c1-19-13-21-14-23(8-9-24(21)39-19)31-28(32-26(37)22-16-30-33(2)17-22)29-15-20-7-3-4-12-35(27(20)38)18-25(36)34-10-5-6-11-34/h8-9,13-17,20H,3-7,10-12,18H2,1-2H3,(H,31,32,37)/b29-15+. The molecule has 0 bridgehead atoms. The lowest BCUT2D eigenvalue weighted by Gasteiger charge is -2.25.